The van der Waals surface area contributed by atoms with Crippen LogP contribution >= 0.6 is 0 Å². The van der Waals surface area contributed by atoms with Gasteiger partial charge in [-0.2, -0.15) is 0 Å². The number of carbonyl (C=O) groups excluding carboxylic acids is 1. The molecule has 0 bridgehead atoms. The van der Waals surface area contributed by atoms with Crippen LogP contribution in [0.15, 0.2) is 17.1 Å². The Morgan fingerprint density at radius 2 is 2.03 bits per heavy atom. The van der Waals surface area contributed by atoms with Crippen molar-refractivity contribution in [2.75, 3.05) is 7.11 Å². The molecule has 5 nitrogen and oxygen atoms in total. The van der Waals surface area contributed by atoms with E-state index in [1.54, 1.807) is 0 Å². The van der Waals surface area contributed by atoms with Crippen molar-refractivity contribution in [3.8, 4) is 0 Å². The van der Waals surface area contributed by atoms with E-state index in [0.29, 0.717) is 18.3 Å². The van der Waals surface area contributed by atoms with Gasteiger partial charge in [0, 0.05) is 18.1 Å². The van der Waals surface area contributed by atoms with E-state index in [9.17, 15) is 15.0 Å². The topological polar surface area (TPSA) is 79.1 Å². The molecule has 0 spiro atoms. The molecule has 30 heavy (non-hydrogen) atoms. The number of ether oxygens (including phenoxy) is 1. The number of aliphatic hydroxyl groups is 2. The van der Waals surface area contributed by atoms with Gasteiger partial charge >= 0.3 is 5.97 Å². The number of hydrogen-bond acceptors (Lipinski definition) is 5. The fourth-order valence-electron chi connectivity index (χ4n) is 5.87. The molecular formula is C25H41NO4. The number of rotatable bonds is 10. The Balaban J connectivity index is 1.44. The average molecular weight is 420 g/mol. The van der Waals surface area contributed by atoms with Crippen molar-refractivity contribution >= 4 is 11.7 Å². The van der Waals surface area contributed by atoms with Gasteiger partial charge < -0.3 is 14.9 Å². The molecule has 3 rings (SSSR count). The first-order valence-electron chi connectivity index (χ1n) is 12.2. The summed E-state index contributed by atoms with van der Waals surface area (Å²) < 4.78 is 4.69. The highest BCUT2D eigenvalue weighted by Gasteiger charge is 2.44. The Bertz CT molecular complexity index is 608. The summed E-state index contributed by atoms with van der Waals surface area (Å²) in [7, 11) is 1.43. The number of unbranched alkanes of at least 4 members (excludes halogenated alkanes) is 1. The molecule has 2 aliphatic carbocycles. The van der Waals surface area contributed by atoms with Crippen molar-refractivity contribution in [1.29, 1.82) is 0 Å². The van der Waals surface area contributed by atoms with Crippen molar-refractivity contribution in [3.63, 3.8) is 0 Å². The summed E-state index contributed by atoms with van der Waals surface area (Å²) in [5.41, 5.74) is 1.23. The third-order valence-electron chi connectivity index (χ3n) is 7.66. The van der Waals surface area contributed by atoms with E-state index in [2.05, 4.69) is 17.7 Å². The lowest BCUT2D eigenvalue weighted by atomic mass is 9.77. The van der Waals surface area contributed by atoms with Gasteiger partial charge in [-0.25, -0.2) is 0 Å². The second-order valence-corrected chi connectivity index (χ2v) is 9.74. The normalized spacial score (nSPS) is 34.7. The van der Waals surface area contributed by atoms with Crippen LogP contribution in [0.4, 0.5) is 0 Å². The molecule has 5 heteroatoms. The lowest BCUT2D eigenvalue weighted by Gasteiger charge is -2.30. The molecule has 0 aromatic rings. The Labute approximate surface area is 182 Å². The number of carbonyl (C=O) groups is 1. The second kappa shape index (κ2) is 11.4. The molecule has 1 aliphatic heterocycles. The zero-order chi connectivity index (χ0) is 21.5. The van der Waals surface area contributed by atoms with E-state index in [1.165, 1.54) is 38.5 Å². The number of esters is 1. The minimum atomic E-state index is -0.390. The maximum absolute atomic E-state index is 11.2. The van der Waals surface area contributed by atoms with Gasteiger partial charge in [0.05, 0.1) is 25.4 Å². The predicted octanol–water partition coefficient (Wildman–Crippen LogP) is 4.45. The molecule has 170 valence electrons. The van der Waals surface area contributed by atoms with Crippen molar-refractivity contribution < 1.29 is 19.7 Å². The van der Waals surface area contributed by atoms with E-state index in [0.717, 1.165) is 50.9 Å². The molecule has 2 saturated carbocycles. The van der Waals surface area contributed by atoms with E-state index in [4.69, 9.17) is 4.99 Å². The Kier molecular flexibility index (Phi) is 8.94. The van der Waals surface area contributed by atoms with Crippen LogP contribution in [0, 0.1) is 23.7 Å². The number of methoxy groups -OCH3 is 1. The van der Waals surface area contributed by atoms with E-state index >= 15 is 0 Å². The fourth-order valence-corrected chi connectivity index (χ4v) is 5.87. The van der Waals surface area contributed by atoms with Crippen LogP contribution in [0.5, 0.6) is 0 Å². The number of hydrogen-bond donors (Lipinski definition) is 2. The van der Waals surface area contributed by atoms with Gasteiger partial charge in [0.2, 0.25) is 0 Å². The Morgan fingerprint density at radius 1 is 1.27 bits per heavy atom. The molecule has 1 heterocycles. The fraction of sp³-hybridized carbons (Fsp3) is 0.840. The van der Waals surface area contributed by atoms with Crippen molar-refractivity contribution in [3.05, 3.63) is 12.2 Å². The van der Waals surface area contributed by atoms with Gasteiger partial charge in [-0.1, -0.05) is 44.8 Å². The van der Waals surface area contributed by atoms with Crippen LogP contribution in [0.3, 0.4) is 0 Å². The lowest BCUT2D eigenvalue weighted by Crippen LogP contribution is -2.25. The van der Waals surface area contributed by atoms with Crippen LogP contribution in [-0.2, 0) is 9.53 Å². The van der Waals surface area contributed by atoms with E-state index < -0.39 is 0 Å². The Morgan fingerprint density at radius 3 is 2.73 bits per heavy atom. The maximum Gasteiger partial charge on any atom is 0.305 e. The molecule has 0 aromatic heterocycles. The molecule has 0 aromatic carbocycles. The molecule has 0 amide bonds. The first-order valence-corrected chi connectivity index (χ1v) is 12.2. The second-order valence-electron chi connectivity index (χ2n) is 9.74. The SMILES string of the molecule is CCCC1CCC([C@H](O)C=C[C@H]2C(O)C[C@@H]3N=C(CCCCC(=O)OC)C[C@@H]32)CC1. The minimum Gasteiger partial charge on any atom is -0.469 e. The predicted molar refractivity (Wildman–Crippen MR) is 119 cm³/mol. The van der Waals surface area contributed by atoms with Gasteiger partial charge in [-0.15, -0.1) is 0 Å². The Hall–Kier alpha value is -1.20. The summed E-state index contributed by atoms with van der Waals surface area (Å²) in [4.78, 5) is 16.1. The van der Waals surface area contributed by atoms with Crippen molar-refractivity contribution in [2.45, 2.75) is 102 Å². The third-order valence-corrected chi connectivity index (χ3v) is 7.66. The summed E-state index contributed by atoms with van der Waals surface area (Å²) in [5, 5.41) is 21.2. The lowest BCUT2D eigenvalue weighted by molar-refractivity contribution is -0.140. The van der Waals surface area contributed by atoms with Crippen LogP contribution in [-0.4, -0.2) is 47.3 Å². The van der Waals surface area contributed by atoms with E-state index in [1.807, 2.05) is 6.08 Å². The zero-order valence-corrected chi connectivity index (χ0v) is 18.8. The maximum atomic E-state index is 11.2. The summed E-state index contributed by atoms with van der Waals surface area (Å²) in [6.45, 7) is 2.25. The summed E-state index contributed by atoms with van der Waals surface area (Å²) in [5.74, 6) is 1.53. The van der Waals surface area contributed by atoms with Crippen LogP contribution in [0.25, 0.3) is 0 Å². The molecule has 3 aliphatic rings. The molecular weight excluding hydrogens is 378 g/mol. The summed E-state index contributed by atoms with van der Waals surface area (Å²) >= 11 is 0. The highest BCUT2D eigenvalue weighted by Crippen LogP contribution is 2.43. The molecule has 5 atom stereocenters. The van der Waals surface area contributed by atoms with Crippen molar-refractivity contribution in [1.82, 2.24) is 0 Å². The van der Waals surface area contributed by atoms with Crippen LogP contribution in [0.1, 0.15) is 84.0 Å². The van der Waals surface area contributed by atoms with Gasteiger partial charge in [0.1, 0.15) is 0 Å². The largest absolute Gasteiger partial charge is 0.469 e. The first-order chi connectivity index (χ1) is 14.5. The van der Waals surface area contributed by atoms with Gasteiger partial charge in [-0.05, 0) is 62.7 Å². The average Bonchev–Trinajstić information content (AvgIpc) is 3.26. The third kappa shape index (κ3) is 6.16. The minimum absolute atomic E-state index is 0.0948. The smallest absolute Gasteiger partial charge is 0.305 e. The highest BCUT2D eigenvalue weighted by atomic mass is 16.5. The highest BCUT2D eigenvalue weighted by molar-refractivity contribution is 5.86. The van der Waals surface area contributed by atoms with Gasteiger partial charge in [0.25, 0.3) is 0 Å². The number of fused-ring (bicyclic) bond motifs is 1. The molecule has 2 fully saturated rings. The molecule has 0 radical (unpaired) electrons. The zero-order valence-electron chi connectivity index (χ0n) is 18.8. The molecule has 0 saturated heterocycles. The number of nitrogens with zero attached hydrogens (tertiary/aromatic N) is 1. The number of aliphatic imine (C=N–C) groups is 1. The van der Waals surface area contributed by atoms with Crippen LogP contribution < -0.4 is 0 Å². The molecule has 1 unspecified atom stereocenters. The first kappa shape index (κ1) is 23.5. The van der Waals surface area contributed by atoms with Gasteiger partial charge in [0.15, 0.2) is 0 Å². The molecule has 2 N–H and O–H groups in total. The van der Waals surface area contributed by atoms with Gasteiger partial charge in [-0.3, -0.25) is 9.79 Å². The summed E-state index contributed by atoms with van der Waals surface area (Å²) in [6.07, 6.45) is 15.5. The standard InChI is InChI=1S/C25H41NO4/c1-3-6-17-9-11-18(12-10-17)23(27)14-13-20-21-15-19(26-22(21)16-24(20)28)7-4-5-8-25(29)30-2/h13-14,17-18,20-24,27-28H,3-12,15-16H2,1-2H3/t17?,18?,20-,21-,22+,23-,24?/m1/s1. The quantitative estimate of drug-likeness (QED) is 0.311. The summed E-state index contributed by atoms with van der Waals surface area (Å²) in [6, 6.07) is 0.215. The van der Waals surface area contributed by atoms with Crippen molar-refractivity contribution in [2.24, 2.45) is 28.7 Å². The van der Waals surface area contributed by atoms with Crippen LogP contribution in [0.2, 0.25) is 0 Å². The monoisotopic (exact) mass is 419 g/mol. The number of aliphatic hydroxyl groups excluding tert-OH is 2. The van der Waals surface area contributed by atoms with E-state index in [-0.39, 0.29) is 30.1 Å².